The number of likely N-dealkylation sites (tertiary alicyclic amines) is 2. The third kappa shape index (κ3) is 3.40. The first kappa shape index (κ1) is 17.3. The number of rotatable bonds is 4. The molecule has 140 valence electrons. The Morgan fingerprint density at radius 1 is 1.27 bits per heavy atom. The number of hydrogen-bond donors (Lipinski definition) is 0. The summed E-state index contributed by atoms with van der Waals surface area (Å²) in [6.07, 6.45) is 6.34. The van der Waals surface area contributed by atoms with Gasteiger partial charge in [-0.15, -0.1) is 0 Å². The highest BCUT2D eigenvalue weighted by Gasteiger charge is 2.28. The molecule has 2 aromatic rings. The SMILES string of the molecule is Cc1c(CN2CCC[C@@H](c3cc(C(=O)N4CCCC4)on3)C2)cnn1C. The lowest BCUT2D eigenvalue weighted by molar-refractivity contribution is 0.0751. The lowest BCUT2D eigenvalue weighted by atomic mass is 9.94. The van der Waals surface area contributed by atoms with E-state index in [-0.39, 0.29) is 5.91 Å². The van der Waals surface area contributed by atoms with E-state index in [4.69, 9.17) is 4.52 Å². The fourth-order valence-corrected chi connectivity index (χ4v) is 4.04. The average Bonchev–Trinajstić information content (AvgIpc) is 3.40. The van der Waals surface area contributed by atoms with Crippen molar-refractivity contribution in [3.63, 3.8) is 0 Å². The van der Waals surface area contributed by atoms with Gasteiger partial charge in [-0.2, -0.15) is 5.10 Å². The fraction of sp³-hybridized carbons (Fsp3) is 0.632. The number of aromatic nitrogens is 3. The van der Waals surface area contributed by atoms with Crippen molar-refractivity contribution in [3.8, 4) is 0 Å². The van der Waals surface area contributed by atoms with Crippen LogP contribution in [0.3, 0.4) is 0 Å². The van der Waals surface area contributed by atoms with Crippen LogP contribution in [-0.2, 0) is 13.6 Å². The van der Waals surface area contributed by atoms with E-state index in [1.54, 1.807) is 0 Å². The van der Waals surface area contributed by atoms with Gasteiger partial charge in [-0.05, 0) is 39.2 Å². The summed E-state index contributed by atoms with van der Waals surface area (Å²) in [6, 6.07) is 1.87. The molecule has 2 saturated heterocycles. The molecule has 0 saturated carbocycles. The van der Waals surface area contributed by atoms with Crippen molar-refractivity contribution in [1.82, 2.24) is 24.7 Å². The maximum Gasteiger partial charge on any atom is 0.292 e. The number of piperidine rings is 1. The third-order valence-corrected chi connectivity index (χ3v) is 5.79. The van der Waals surface area contributed by atoms with Crippen LogP contribution in [0, 0.1) is 6.92 Å². The molecule has 0 radical (unpaired) electrons. The van der Waals surface area contributed by atoms with Crippen molar-refractivity contribution in [2.24, 2.45) is 7.05 Å². The summed E-state index contributed by atoms with van der Waals surface area (Å²) < 4.78 is 7.32. The van der Waals surface area contributed by atoms with Gasteiger partial charge >= 0.3 is 0 Å². The van der Waals surface area contributed by atoms with Crippen LogP contribution < -0.4 is 0 Å². The van der Waals surface area contributed by atoms with Gasteiger partial charge in [0.25, 0.3) is 5.91 Å². The maximum atomic E-state index is 12.5. The molecule has 7 nitrogen and oxygen atoms in total. The average molecular weight is 357 g/mol. The summed E-state index contributed by atoms with van der Waals surface area (Å²) in [7, 11) is 1.98. The van der Waals surface area contributed by atoms with E-state index >= 15 is 0 Å². The number of aryl methyl sites for hydroxylation is 1. The highest BCUT2D eigenvalue weighted by Crippen LogP contribution is 2.28. The van der Waals surface area contributed by atoms with Gasteiger partial charge in [-0.3, -0.25) is 14.4 Å². The van der Waals surface area contributed by atoms with Crippen molar-refractivity contribution in [3.05, 3.63) is 35.0 Å². The molecule has 0 spiro atoms. The van der Waals surface area contributed by atoms with E-state index in [1.165, 1.54) is 11.3 Å². The minimum absolute atomic E-state index is 0.0140. The standard InChI is InChI=1S/C19H27N5O2/c1-14-16(11-20-22(14)2)13-23-7-5-6-15(12-23)17-10-18(26-21-17)19(25)24-8-3-4-9-24/h10-11,15H,3-9,12-13H2,1-2H3/t15-/m1/s1. The van der Waals surface area contributed by atoms with Gasteiger partial charge < -0.3 is 9.42 Å². The van der Waals surface area contributed by atoms with E-state index in [9.17, 15) is 4.79 Å². The van der Waals surface area contributed by atoms with Crippen molar-refractivity contribution < 1.29 is 9.32 Å². The van der Waals surface area contributed by atoms with Crippen molar-refractivity contribution in [2.75, 3.05) is 26.2 Å². The fourth-order valence-electron chi connectivity index (χ4n) is 4.04. The highest BCUT2D eigenvalue weighted by atomic mass is 16.5. The van der Waals surface area contributed by atoms with Crippen LogP contribution in [0.4, 0.5) is 0 Å². The third-order valence-electron chi connectivity index (χ3n) is 5.79. The Hall–Kier alpha value is -2.15. The summed E-state index contributed by atoms with van der Waals surface area (Å²) in [4.78, 5) is 16.8. The molecule has 2 fully saturated rings. The first-order chi connectivity index (χ1) is 12.6. The second-order valence-corrected chi connectivity index (χ2v) is 7.57. The Balaban J connectivity index is 1.41. The Labute approximate surface area is 153 Å². The van der Waals surface area contributed by atoms with Crippen LogP contribution in [0.25, 0.3) is 0 Å². The zero-order chi connectivity index (χ0) is 18.1. The number of nitrogens with zero attached hydrogens (tertiary/aromatic N) is 5. The van der Waals surface area contributed by atoms with Crippen LogP contribution in [0.15, 0.2) is 16.8 Å². The Bertz CT molecular complexity index is 775. The largest absolute Gasteiger partial charge is 0.351 e. The van der Waals surface area contributed by atoms with E-state index in [1.807, 2.05) is 28.9 Å². The molecule has 1 amide bonds. The second-order valence-electron chi connectivity index (χ2n) is 7.57. The molecule has 2 aliphatic rings. The molecule has 0 N–H and O–H groups in total. The summed E-state index contributed by atoms with van der Waals surface area (Å²) in [5, 5.41) is 8.57. The molecule has 0 aromatic carbocycles. The van der Waals surface area contributed by atoms with E-state index in [2.05, 4.69) is 22.1 Å². The number of amides is 1. The van der Waals surface area contributed by atoms with Gasteiger partial charge in [-0.1, -0.05) is 5.16 Å². The number of carbonyl (C=O) groups is 1. The van der Waals surface area contributed by atoms with Gasteiger partial charge in [0.05, 0.1) is 11.9 Å². The predicted molar refractivity (Wildman–Crippen MR) is 96.8 cm³/mol. The van der Waals surface area contributed by atoms with Gasteiger partial charge in [-0.25, -0.2) is 0 Å². The minimum atomic E-state index is -0.0140. The van der Waals surface area contributed by atoms with E-state index < -0.39 is 0 Å². The quantitative estimate of drug-likeness (QED) is 0.840. The van der Waals surface area contributed by atoms with Crippen LogP contribution >= 0.6 is 0 Å². The topological polar surface area (TPSA) is 67.4 Å². The number of carbonyl (C=O) groups excluding carboxylic acids is 1. The van der Waals surface area contributed by atoms with Crippen LogP contribution in [0.5, 0.6) is 0 Å². The molecule has 4 heterocycles. The number of hydrogen-bond acceptors (Lipinski definition) is 5. The molecule has 7 heteroatoms. The smallest absolute Gasteiger partial charge is 0.292 e. The van der Waals surface area contributed by atoms with Crippen molar-refractivity contribution >= 4 is 5.91 Å². The normalized spacial score (nSPS) is 21.5. The Kier molecular flexibility index (Phi) is 4.80. The molecule has 2 aromatic heterocycles. The van der Waals surface area contributed by atoms with E-state index in [0.717, 1.165) is 64.1 Å². The highest BCUT2D eigenvalue weighted by molar-refractivity contribution is 5.91. The minimum Gasteiger partial charge on any atom is -0.351 e. The zero-order valence-electron chi connectivity index (χ0n) is 15.6. The molecule has 1 atom stereocenters. The molecule has 0 bridgehead atoms. The molecule has 0 aliphatic carbocycles. The molecule has 2 aliphatic heterocycles. The van der Waals surface area contributed by atoms with Gasteiger partial charge in [0, 0.05) is 56.5 Å². The van der Waals surface area contributed by atoms with Gasteiger partial charge in [0.1, 0.15) is 0 Å². The van der Waals surface area contributed by atoms with Crippen LogP contribution in [-0.4, -0.2) is 56.8 Å². The molecular weight excluding hydrogens is 330 g/mol. The summed E-state index contributed by atoms with van der Waals surface area (Å²) >= 11 is 0. The van der Waals surface area contributed by atoms with E-state index in [0.29, 0.717) is 11.7 Å². The molecule has 26 heavy (non-hydrogen) atoms. The second kappa shape index (κ2) is 7.23. The molecular formula is C19H27N5O2. The van der Waals surface area contributed by atoms with Crippen molar-refractivity contribution in [1.29, 1.82) is 0 Å². The monoisotopic (exact) mass is 357 g/mol. The molecule has 0 unspecified atom stereocenters. The lowest BCUT2D eigenvalue weighted by Gasteiger charge is -2.31. The first-order valence-corrected chi connectivity index (χ1v) is 9.57. The summed E-state index contributed by atoms with van der Waals surface area (Å²) in [5.74, 6) is 0.701. The Morgan fingerprint density at radius 3 is 2.81 bits per heavy atom. The predicted octanol–water partition coefficient (Wildman–Crippen LogP) is 2.33. The first-order valence-electron chi connectivity index (χ1n) is 9.57. The lowest BCUT2D eigenvalue weighted by Crippen LogP contribution is -2.34. The summed E-state index contributed by atoms with van der Waals surface area (Å²) in [5.41, 5.74) is 3.41. The molecule has 4 rings (SSSR count). The van der Waals surface area contributed by atoms with Crippen LogP contribution in [0.1, 0.15) is 59.1 Å². The zero-order valence-corrected chi connectivity index (χ0v) is 15.6. The maximum absolute atomic E-state index is 12.5. The van der Waals surface area contributed by atoms with Gasteiger partial charge in [0.15, 0.2) is 0 Å². The van der Waals surface area contributed by atoms with Crippen molar-refractivity contribution in [2.45, 2.75) is 45.1 Å². The van der Waals surface area contributed by atoms with Crippen LogP contribution in [0.2, 0.25) is 0 Å². The van der Waals surface area contributed by atoms with Gasteiger partial charge in [0.2, 0.25) is 5.76 Å². The summed E-state index contributed by atoms with van der Waals surface area (Å²) in [6.45, 7) is 6.71. The Morgan fingerprint density at radius 2 is 2.08 bits per heavy atom.